The molecule has 0 radical (unpaired) electrons. The lowest BCUT2D eigenvalue weighted by Gasteiger charge is -2.21. The molecule has 0 unspecified atom stereocenters. The van der Waals surface area contributed by atoms with Crippen LogP contribution >= 0.6 is 11.6 Å². The van der Waals surface area contributed by atoms with E-state index >= 15 is 0 Å². The number of carbonyl (C=O) groups is 1. The van der Waals surface area contributed by atoms with Gasteiger partial charge in [-0.25, -0.2) is 4.79 Å². The number of carboxylic acids is 1. The van der Waals surface area contributed by atoms with E-state index in [-0.39, 0.29) is 37.1 Å². The fraction of sp³-hybridized carbons (Fsp3) is 0.591. The van der Waals surface area contributed by atoms with Crippen LogP contribution in [0.1, 0.15) is 19.3 Å². The Hall–Kier alpha value is -1.64. The quantitative estimate of drug-likeness (QED) is 0.506. The molecule has 0 spiro atoms. The molecule has 8 heteroatoms. The topological polar surface area (TPSA) is 105 Å². The van der Waals surface area contributed by atoms with E-state index in [1.165, 1.54) is 0 Å². The maximum atomic E-state index is 10.6. The average Bonchev–Trinajstić information content (AvgIpc) is 2.86. The molecule has 3 N–H and O–H groups in total. The molecule has 166 valence electrons. The Balaban J connectivity index is 1.49. The van der Waals surface area contributed by atoms with Crippen LogP contribution < -0.4 is 4.74 Å². The van der Waals surface area contributed by atoms with Gasteiger partial charge in [0.2, 0.25) is 0 Å². The van der Waals surface area contributed by atoms with E-state index in [1.807, 2.05) is 6.08 Å². The molecule has 3 rings (SSSR count). The number of hydrogen-bond donors (Lipinski definition) is 3. The molecule has 1 aliphatic carbocycles. The van der Waals surface area contributed by atoms with Crippen molar-refractivity contribution < 1.29 is 34.3 Å². The van der Waals surface area contributed by atoms with E-state index in [2.05, 4.69) is 0 Å². The highest BCUT2D eigenvalue weighted by molar-refractivity contribution is 6.30. The third-order valence-electron chi connectivity index (χ3n) is 5.70. The van der Waals surface area contributed by atoms with Crippen molar-refractivity contribution in [1.82, 2.24) is 0 Å². The Morgan fingerprint density at radius 2 is 2.20 bits per heavy atom. The number of aliphatic hydroxyl groups is 2. The van der Waals surface area contributed by atoms with E-state index < -0.39 is 18.2 Å². The molecule has 6 atom stereocenters. The fourth-order valence-electron chi connectivity index (χ4n) is 4.21. The molecule has 0 amide bonds. The molecule has 1 aromatic carbocycles. The Morgan fingerprint density at radius 3 is 2.97 bits per heavy atom. The highest BCUT2D eigenvalue weighted by Gasteiger charge is 2.43. The third kappa shape index (κ3) is 6.68. The van der Waals surface area contributed by atoms with Gasteiger partial charge < -0.3 is 29.5 Å². The smallest absolute Gasteiger partial charge is 0.329 e. The van der Waals surface area contributed by atoms with E-state index in [4.69, 9.17) is 30.9 Å². The molecule has 2 fully saturated rings. The number of ether oxygens (including phenoxy) is 3. The van der Waals surface area contributed by atoms with Crippen LogP contribution in [-0.2, 0) is 14.3 Å². The van der Waals surface area contributed by atoms with Gasteiger partial charge in [0.05, 0.1) is 25.4 Å². The summed E-state index contributed by atoms with van der Waals surface area (Å²) in [6.07, 6.45) is 4.42. The predicted octanol–water partition coefficient (Wildman–Crippen LogP) is 2.53. The molecular formula is C22H29ClO7. The van der Waals surface area contributed by atoms with Crippen molar-refractivity contribution in [3.63, 3.8) is 0 Å². The van der Waals surface area contributed by atoms with Gasteiger partial charge in [0, 0.05) is 23.3 Å². The normalized spacial score (nSPS) is 30.0. The maximum Gasteiger partial charge on any atom is 0.329 e. The van der Waals surface area contributed by atoms with Gasteiger partial charge in [0.15, 0.2) is 0 Å². The number of hydrogen-bond acceptors (Lipinski definition) is 6. The minimum atomic E-state index is -0.979. The molecule has 1 aromatic rings. The number of rotatable bonds is 9. The summed E-state index contributed by atoms with van der Waals surface area (Å²) in [5.74, 6) is -0.193. The lowest BCUT2D eigenvalue weighted by Crippen LogP contribution is -2.22. The summed E-state index contributed by atoms with van der Waals surface area (Å²) in [5, 5.41) is 30.0. The molecular weight excluding hydrogens is 412 g/mol. The van der Waals surface area contributed by atoms with Crippen molar-refractivity contribution >= 4 is 17.6 Å². The third-order valence-corrected chi connectivity index (χ3v) is 5.93. The zero-order valence-corrected chi connectivity index (χ0v) is 17.5. The van der Waals surface area contributed by atoms with Crippen LogP contribution in [-0.4, -0.2) is 66.0 Å². The number of carboxylic acid groups (broad SMARTS) is 1. The molecule has 1 aliphatic heterocycles. The van der Waals surface area contributed by atoms with E-state index in [1.54, 1.807) is 30.3 Å². The SMILES string of the molecule is O=C(O)COC[C@H]1CC[C@@H]2[C@@H](/C=C/[C@@H](O)COc3cccc(Cl)c3)[C@H](O)C[C@@H]2OC1. The van der Waals surface area contributed by atoms with Gasteiger partial charge >= 0.3 is 5.97 Å². The van der Waals surface area contributed by atoms with E-state index in [9.17, 15) is 15.0 Å². The van der Waals surface area contributed by atoms with Crippen molar-refractivity contribution in [3.8, 4) is 5.75 Å². The lowest BCUT2D eigenvalue weighted by atomic mass is 9.87. The van der Waals surface area contributed by atoms with Crippen LogP contribution in [0.25, 0.3) is 0 Å². The Labute approximate surface area is 181 Å². The summed E-state index contributed by atoms with van der Waals surface area (Å²) in [6, 6.07) is 6.98. The zero-order valence-electron chi connectivity index (χ0n) is 16.7. The largest absolute Gasteiger partial charge is 0.491 e. The van der Waals surface area contributed by atoms with Crippen LogP contribution in [0.3, 0.4) is 0 Å². The van der Waals surface area contributed by atoms with Gasteiger partial charge in [0.1, 0.15) is 25.1 Å². The Kier molecular flexibility index (Phi) is 8.53. The first-order chi connectivity index (χ1) is 14.4. The van der Waals surface area contributed by atoms with Gasteiger partial charge in [-0.1, -0.05) is 29.8 Å². The molecule has 7 nitrogen and oxygen atoms in total. The summed E-state index contributed by atoms with van der Waals surface area (Å²) in [5.41, 5.74) is 0. The molecule has 0 bridgehead atoms. The zero-order chi connectivity index (χ0) is 21.5. The first kappa shape index (κ1) is 23.0. The van der Waals surface area contributed by atoms with Crippen molar-refractivity contribution in [3.05, 3.63) is 41.4 Å². The number of benzene rings is 1. The molecule has 2 aliphatic rings. The molecule has 1 heterocycles. The van der Waals surface area contributed by atoms with Crippen molar-refractivity contribution in [2.24, 2.45) is 17.8 Å². The first-order valence-electron chi connectivity index (χ1n) is 10.3. The fourth-order valence-corrected chi connectivity index (χ4v) is 4.39. The lowest BCUT2D eigenvalue weighted by molar-refractivity contribution is -0.143. The molecule has 1 saturated carbocycles. The van der Waals surface area contributed by atoms with Gasteiger partial charge in [-0.3, -0.25) is 0 Å². The van der Waals surface area contributed by atoms with Gasteiger partial charge in [0.25, 0.3) is 0 Å². The van der Waals surface area contributed by atoms with Crippen LogP contribution in [0.5, 0.6) is 5.75 Å². The summed E-state index contributed by atoms with van der Waals surface area (Å²) in [6.45, 7) is 0.643. The standard InChI is InChI=1S/C22H29ClO7/c23-15-2-1-3-17(8-15)29-12-16(24)5-7-18-19-6-4-14(10-28-13-22(26)27)11-30-21(19)9-20(18)25/h1-3,5,7-8,14,16,18-21,24-25H,4,6,9-13H2,(H,26,27)/b7-5+/t14-,16-,18-,19-,20-,21+/m1/s1. The second-order valence-corrected chi connectivity index (χ2v) is 8.43. The molecule has 0 aromatic heterocycles. The number of aliphatic hydroxyl groups excluding tert-OH is 2. The van der Waals surface area contributed by atoms with Crippen LogP contribution in [0.2, 0.25) is 5.02 Å². The van der Waals surface area contributed by atoms with Gasteiger partial charge in [-0.05, 0) is 37.0 Å². The first-order valence-corrected chi connectivity index (χ1v) is 10.6. The maximum absolute atomic E-state index is 10.6. The second kappa shape index (κ2) is 11.1. The van der Waals surface area contributed by atoms with Gasteiger partial charge in [-0.15, -0.1) is 0 Å². The highest BCUT2D eigenvalue weighted by Crippen LogP contribution is 2.41. The molecule has 1 saturated heterocycles. The minimum absolute atomic E-state index is 0.0426. The van der Waals surface area contributed by atoms with E-state index in [0.29, 0.717) is 30.4 Å². The summed E-state index contributed by atoms with van der Waals surface area (Å²) < 4.78 is 16.8. The average molecular weight is 441 g/mol. The van der Waals surface area contributed by atoms with Crippen LogP contribution in [0, 0.1) is 17.8 Å². The number of fused-ring (bicyclic) bond motifs is 1. The Bertz CT molecular complexity index is 725. The summed E-state index contributed by atoms with van der Waals surface area (Å²) in [7, 11) is 0. The summed E-state index contributed by atoms with van der Waals surface area (Å²) in [4.78, 5) is 10.6. The van der Waals surface area contributed by atoms with Crippen molar-refractivity contribution in [1.29, 1.82) is 0 Å². The van der Waals surface area contributed by atoms with Crippen molar-refractivity contribution in [2.45, 2.75) is 37.6 Å². The Morgan fingerprint density at radius 1 is 1.37 bits per heavy atom. The summed E-state index contributed by atoms with van der Waals surface area (Å²) >= 11 is 5.92. The predicted molar refractivity (Wildman–Crippen MR) is 111 cm³/mol. The van der Waals surface area contributed by atoms with Crippen molar-refractivity contribution in [2.75, 3.05) is 26.4 Å². The molecule has 30 heavy (non-hydrogen) atoms. The van der Waals surface area contributed by atoms with Crippen LogP contribution in [0.4, 0.5) is 0 Å². The van der Waals surface area contributed by atoms with E-state index in [0.717, 1.165) is 12.8 Å². The number of aliphatic carboxylic acids is 1. The minimum Gasteiger partial charge on any atom is -0.491 e. The monoisotopic (exact) mass is 440 g/mol. The second-order valence-electron chi connectivity index (χ2n) is 7.99. The highest BCUT2D eigenvalue weighted by atomic mass is 35.5. The number of halogens is 1. The van der Waals surface area contributed by atoms with Gasteiger partial charge in [-0.2, -0.15) is 0 Å². The van der Waals surface area contributed by atoms with Crippen LogP contribution in [0.15, 0.2) is 36.4 Å².